The van der Waals surface area contributed by atoms with Crippen LogP contribution >= 0.6 is 11.6 Å². The van der Waals surface area contributed by atoms with Gasteiger partial charge in [0.2, 0.25) is 0 Å². The fourth-order valence-electron chi connectivity index (χ4n) is 2.78. The molecule has 0 fully saturated rings. The van der Waals surface area contributed by atoms with Gasteiger partial charge >= 0.3 is 11.9 Å². The zero-order chi connectivity index (χ0) is 19.4. The van der Waals surface area contributed by atoms with Crippen molar-refractivity contribution in [2.24, 2.45) is 4.99 Å². The van der Waals surface area contributed by atoms with Crippen LogP contribution in [0.25, 0.3) is 0 Å². The van der Waals surface area contributed by atoms with Crippen molar-refractivity contribution in [2.75, 3.05) is 26.1 Å². The third kappa shape index (κ3) is 3.85. The molecule has 0 aliphatic carbocycles. The van der Waals surface area contributed by atoms with Crippen molar-refractivity contribution in [2.45, 2.75) is 0 Å². The van der Waals surface area contributed by atoms with Crippen LogP contribution in [-0.2, 0) is 19.1 Å². The van der Waals surface area contributed by atoms with E-state index < -0.39 is 11.9 Å². The van der Waals surface area contributed by atoms with Crippen LogP contribution in [0.15, 0.2) is 64.8 Å². The fourth-order valence-corrected chi connectivity index (χ4v) is 2.96. The van der Waals surface area contributed by atoms with Gasteiger partial charge in [-0.3, -0.25) is 4.99 Å². The largest absolute Gasteiger partial charge is 0.465 e. The van der Waals surface area contributed by atoms with Crippen molar-refractivity contribution in [3.63, 3.8) is 0 Å². The predicted molar refractivity (Wildman–Crippen MR) is 103 cm³/mol. The summed E-state index contributed by atoms with van der Waals surface area (Å²) in [4.78, 5) is 28.9. The number of aliphatic imine (C=N–C) groups is 1. The molecule has 1 aliphatic rings. The van der Waals surface area contributed by atoms with Crippen LogP contribution in [0.1, 0.15) is 11.1 Å². The molecule has 1 aliphatic heterocycles. The van der Waals surface area contributed by atoms with Crippen molar-refractivity contribution in [1.82, 2.24) is 0 Å². The highest BCUT2D eigenvalue weighted by atomic mass is 35.5. The van der Waals surface area contributed by atoms with E-state index in [0.717, 1.165) is 11.1 Å². The molecule has 0 amide bonds. The Morgan fingerprint density at radius 2 is 1.70 bits per heavy atom. The fraction of sp³-hybridized carbons (Fsp3) is 0.150. The number of methoxy groups -OCH3 is 2. The Labute approximate surface area is 161 Å². The number of esters is 2. The SMILES string of the molecule is COC(=O)C(C(=O)OC)=C1CN=C(c2ccccc2)c2cc(Cl)ccc2N1. The van der Waals surface area contributed by atoms with Crippen LogP contribution in [-0.4, -0.2) is 38.4 Å². The Morgan fingerprint density at radius 1 is 1.04 bits per heavy atom. The summed E-state index contributed by atoms with van der Waals surface area (Å²) in [7, 11) is 2.41. The number of ether oxygens (including phenoxy) is 2. The van der Waals surface area contributed by atoms with Crippen LogP contribution < -0.4 is 5.32 Å². The highest BCUT2D eigenvalue weighted by Gasteiger charge is 2.27. The summed E-state index contributed by atoms with van der Waals surface area (Å²) in [5, 5.41) is 3.67. The summed E-state index contributed by atoms with van der Waals surface area (Å²) < 4.78 is 9.48. The highest BCUT2D eigenvalue weighted by molar-refractivity contribution is 6.31. The number of hydrogen-bond donors (Lipinski definition) is 1. The van der Waals surface area contributed by atoms with Gasteiger partial charge in [-0.2, -0.15) is 0 Å². The van der Waals surface area contributed by atoms with Gasteiger partial charge in [-0.05, 0) is 18.2 Å². The van der Waals surface area contributed by atoms with Gasteiger partial charge in [-0.25, -0.2) is 9.59 Å². The van der Waals surface area contributed by atoms with Crippen LogP contribution in [0.4, 0.5) is 5.69 Å². The average molecular weight is 385 g/mol. The maximum absolute atomic E-state index is 12.2. The number of benzodiazepines with no additional fused rings is 1. The van der Waals surface area contributed by atoms with Crippen molar-refractivity contribution in [3.05, 3.63) is 76.0 Å². The Kier molecular flexibility index (Phi) is 5.57. The second-order valence-corrected chi connectivity index (χ2v) is 6.12. The number of fused-ring (bicyclic) bond motifs is 1. The van der Waals surface area contributed by atoms with Gasteiger partial charge in [0.15, 0.2) is 5.57 Å². The average Bonchev–Trinajstić information content (AvgIpc) is 2.87. The zero-order valence-electron chi connectivity index (χ0n) is 14.8. The Hall–Kier alpha value is -3.12. The molecule has 0 aromatic heterocycles. The molecule has 0 atom stereocenters. The van der Waals surface area contributed by atoms with E-state index in [-0.39, 0.29) is 12.1 Å². The van der Waals surface area contributed by atoms with Crippen LogP contribution in [0.2, 0.25) is 5.02 Å². The maximum atomic E-state index is 12.2. The molecule has 0 spiro atoms. The van der Waals surface area contributed by atoms with E-state index in [2.05, 4.69) is 10.3 Å². The number of carbonyl (C=O) groups is 2. The van der Waals surface area contributed by atoms with E-state index in [1.165, 1.54) is 14.2 Å². The van der Waals surface area contributed by atoms with E-state index >= 15 is 0 Å². The number of anilines is 1. The molecule has 27 heavy (non-hydrogen) atoms. The lowest BCUT2D eigenvalue weighted by Gasteiger charge is -2.13. The summed E-state index contributed by atoms with van der Waals surface area (Å²) >= 11 is 6.18. The second kappa shape index (κ2) is 8.05. The van der Waals surface area contributed by atoms with Gasteiger partial charge in [-0.15, -0.1) is 0 Å². The van der Waals surface area contributed by atoms with E-state index in [9.17, 15) is 9.59 Å². The third-order valence-corrected chi connectivity index (χ3v) is 4.28. The lowest BCUT2D eigenvalue weighted by molar-refractivity contribution is -0.144. The molecule has 1 N–H and O–H groups in total. The smallest absolute Gasteiger partial charge is 0.347 e. The molecule has 138 valence electrons. The lowest BCUT2D eigenvalue weighted by atomic mass is 10.0. The molecule has 0 saturated carbocycles. The molecule has 2 aromatic rings. The number of carbonyl (C=O) groups excluding carboxylic acids is 2. The first kappa shape index (κ1) is 18.7. The minimum Gasteiger partial charge on any atom is -0.465 e. The molecule has 7 heteroatoms. The molecular formula is C20H17ClN2O4. The topological polar surface area (TPSA) is 77.0 Å². The molecule has 0 radical (unpaired) electrons. The first-order valence-corrected chi connectivity index (χ1v) is 8.49. The summed E-state index contributed by atoms with van der Waals surface area (Å²) in [5.41, 5.74) is 3.09. The van der Waals surface area contributed by atoms with E-state index in [4.69, 9.17) is 21.1 Å². The predicted octanol–water partition coefficient (Wildman–Crippen LogP) is 3.20. The summed E-state index contributed by atoms with van der Waals surface area (Å²) in [6, 6.07) is 14.9. The lowest BCUT2D eigenvalue weighted by Crippen LogP contribution is -2.22. The number of nitrogens with one attached hydrogen (secondary N) is 1. The number of halogens is 1. The quantitative estimate of drug-likeness (QED) is 0.380. The minimum atomic E-state index is -0.793. The molecule has 2 aromatic carbocycles. The monoisotopic (exact) mass is 384 g/mol. The number of benzene rings is 2. The molecule has 1 heterocycles. The molecule has 6 nitrogen and oxygen atoms in total. The normalized spacial score (nSPS) is 12.9. The van der Waals surface area contributed by atoms with Crippen molar-refractivity contribution in [1.29, 1.82) is 0 Å². The number of rotatable bonds is 3. The standard InChI is InChI=1S/C20H17ClN2O4/c1-26-19(24)17(20(25)27-2)16-11-22-18(12-6-4-3-5-7-12)14-10-13(21)8-9-15(14)23-16/h3-10,23H,11H2,1-2H3. The van der Waals surface area contributed by atoms with E-state index in [0.29, 0.717) is 22.1 Å². The first-order valence-electron chi connectivity index (χ1n) is 8.11. The molecule has 0 saturated heterocycles. The van der Waals surface area contributed by atoms with Crippen molar-refractivity contribution in [3.8, 4) is 0 Å². The van der Waals surface area contributed by atoms with Crippen molar-refractivity contribution >= 4 is 34.9 Å². The summed E-state index contributed by atoms with van der Waals surface area (Å²) in [6.45, 7) is 0.0655. The van der Waals surface area contributed by atoms with Gasteiger partial charge in [0, 0.05) is 21.8 Å². The maximum Gasteiger partial charge on any atom is 0.347 e. The minimum absolute atomic E-state index is 0.0655. The Bertz CT molecular complexity index is 934. The molecule has 0 unspecified atom stereocenters. The zero-order valence-corrected chi connectivity index (χ0v) is 15.5. The molecular weight excluding hydrogens is 368 g/mol. The number of hydrogen-bond acceptors (Lipinski definition) is 6. The Balaban J connectivity index is 2.21. The van der Waals surface area contributed by atoms with Gasteiger partial charge in [-0.1, -0.05) is 41.9 Å². The molecule has 3 rings (SSSR count). The van der Waals surface area contributed by atoms with Crippen LogP contribution in [0, 0.1) is 0 Å². The van der Waals surface area contributed by atoms with Crippen molar-refractivity contribution < 1.29 is 19.1 Å². The van der Waals surface area contributed by atoms with Gasteiger partial charge in [0.25, 0.3) is 0 Å². The van der Waals surface area contributed by atoms with E-state index in [1.807, 2.05) is 30.3 Å². The van der Waals surface area contributed by atoms with E-state index in [1.54, 1.807) is 18.2 Å². The van der Waals surface area contributed by atoms with Crippen LogP contribution in [0.3, 0.4) is 0 Å². The summed E-state index contributed by atoms with van der Waals surface area (Å²) in [5.74, 6) is -1.59. The van der Waals surface area contributed by atoms with Gasteiger partial charge in [0.05, 0.1) is 32.2 Å². The van der Waals surface area contributed by atoms with Crippen LogP contribution in [0.5, 0.6) is 0 Å². The van der Waals surface area contributed by atoms with Gasteiger partial charge in [0.1, 0.15) is 0 Å². The van der Waals surface area contributed by atoms with Gasteiger partial charge < -0.3 is 14.8 Å². The third-order valence-electron chi connectivity index (χ3n) is 4.05. The number of nitrogens with zero attached hydrogens (tertiary/aromatic N) is 1. The summed E-state index contributed by atoms with van der Waals surface area (Å²) in [6.07, 6.45) is 0. The molecule has 0 bridgehead atoms. The Morgan fingerprint density at radius 3 is 2.33 bits per heavy atom. The first-order chi connectivity index (χ1) is 13.0. The second-order valence-electron chi connectivity index (χ2n) is 5.68. The highest BCUT2D eigenvalue weighted by Crippen LogP contribution is 2.29.